The third kappa shape index (κ3) is 3.21. The lowest BCUT2D eigenvalue weighted by atomic mass is 9.89. The minimum Gasteiger partial charge on any atom is -0.388 e. The summed E-state index contributed by atoms with van der Waals surface area (Å²) >= 11 is 0. The van der Waals surface area contributed by atoms with E-state index in [2.05, 4.69) is 18.2 Å². The topological polar surface area (TPSA) is 40.3 Å². The first-order valence-corrected chi connectivity index (χ1v) is 7.81. The Labute approximate surface area is 120 Å². The second kappa shape index (κ2) is 5.96. The number of fused-ring (bicyclic) bond motifs is 1. The monoisotopic (exact) mass is 273 g/mol. The minimum absolute atomic E-state index is 0.239. The van der Waals surface area contributed by atoms with Gasteiger partial charge in [-0.15, -0.1) is 0 Å². The maximum atomic E-state index is 11.6. The summed E-state index contributed by atoms with van der Waals surface area (Å²) in [5.74, 6) is 0.239. The van der Waals surface area contributed by atoms with E-state index < -0.39 is 6.10 Å². The van der Waals surface area contributed by atoms with Gasteiger partial charge in [-0.1, -0.05) is 18.2 Å². The molecule has 1 aromatic carbocycles. The molecule has 1 unspecified atom stereocenters. The van der Waals surface area contributed by atoms with Crippen molar-refractivity contribution in [2.75, 3.05) is 13.1 Å². The van der Waals surface area contributed by atoms with E-state index in [1.165, 1.54) is 30.4 Å². The van der Waals surface area contributed by atoms with Gasteiger partial charge in [0.1, 0.15) is 0 Å². The van der Waals surface area contributed by atoms with Crippen molar-refractivity contribution >= 4 is 5.91 Å². The molecule has 3 nitrogen and oxygen atoms in total. The highest BCUT2D eigenvalue weighted by molar-refractivity contribution is 5.78. The van der Waals surface area contributed by atoms with Crippen LogP contribution < -0.4 is 0 Å². The summed E-state index contributed by atoms with van der Waals surface area (Å²) in [6.07, 6.45) is 6.46. The third-order valence-electron chi connectivity index (χ3n) is 4.43. The zero-order valence-corrected chi connectivity index (χ0v) is 12.0. The summed E-state index contributed by atoms with van der Waals surface area (Å²) in [5.41, 5.74) is 3.88. The van der Waals surface area contributed by atoms with Gasteiger partial charge in [-0.05, 0) is 55.2 Å². The molecule has 1 amide bonds. The van der Waals surface area contributed by atoms with Crippen LogP contribution in [-0.4, -0.2) is 29.0 Å². The van der Waals surface area contributed by atoms with Crippen LogP contribution in [0.5, 0.6) is 0 Å². The number of rotatable bonds is 5. The summed E-state index contributed by atoms with van der Waals surface area (Å²) in [4.78, 5) is 13.4. The van der Waals surface area contributed by atoms with E-state index in [0.29, 0.717) is 12.8 Å². The quantitative estimate of drug-likeness (QED) is 0.838. The van der Waals surface area contributed by atoms with E-state index in [1.54, 1.807) is 0 Å². The molecule has 1 N–H and O–H groups in total. The van der Waals surface area contributed by atoms with Gasteiger partial charge in [0.05, 0.1) is 6.10 Å². The number of carbonyl (C=O) groups excluding carboxylic acids is 1. The normalized spacial score (nSPS) is 18.6. The van der Waals surface area contributed by atoms with E-state index in [9.17, 15) is 9.90 Å². The lowest BCUT2D eigenvalue weighted by Crippen LogP contribution is -2.10. The molecule has 1 aromatic rings. The van der Waals surface area contributed by atoms with E-state index in [1.807, 2.05) is 4.90 Å². The lowest BCUT2D eigenvalue weighted by Gasteiger charge is -2.18. The molecule has 1 heterocycles. The molecule has 108 valence electrons. The molecule has 2 aliphatic rings. The molecule has 3 heteroatoms. The Morgan fingerprint density at radius 3 is 2.70 bits per heavy atom. The Morgan fingerprint density at radius 2 is 1.95 bits per heavy atom. The molecule has 1 aliphatic carbocycles. The van der Waals surface area contributed by atoms with Crippen LogP contribution in [0.2, 0.25) is 0 Å². The molecule has 1 atom stereocenters. The van der Waals surface area contributed by atoms with Crippen molar-refractivity contribution in [3.63, 3.8) is 0 Å². The van der Waals surface area contributed by atoms with Gasteiger partial charge in [0.15, 0.2) is 0 Å². The largest absolute Gasteiger partial charge is 0.388 e. The summed E-state index contributed by atoms with van der Waals surface area (Å²) in [5, 5.41) is 10.3. The molecule has 20 heavy (non-hydrogen) atoms. The number of carbonyl (C=O) groups is 1. The predicted octanol–water partition coefficient (Wildman–Crippen LogP) is 2.61. The van der Waals surface area contributed by atoms with Crippen LogP contribution in [0.25, 0.3) is 0 Å². The van der Waals surface area contributed by atoms with Gasteiger partial charge in [-0.25, -0.2) is 0 Å². The highest BCUT2D eigenvalue weighted by atomic mass is 16.3. The van der Waals surface area contributed by atoms with Crippen LogP contribution in [0.15, 0.2) is 18.2 Å². The van der Waals surface area contributed by atoms with Crippen molar-refractivity contribution in [3.05, 3.63) is 34.9 Å². The number of aliphatic hydroxyl groups is 1. The number of aliphatic hydroxyl groups excluding tert-OH is 1. The van der Waals surface area contributed by atoms with Crippen LogP contribution in [0.3, 0.4) is 0 Å². The second-order valence-electron chi connectivity index (χ2n) is 6.02. The second-order valence-corrected chi connectivity index (χ2v) is 6.02. The van der Waals surface area contributed by atoms with E-state index in [0.717, 1.165) is 31.5 Å². The van der Waals surface area contributed by atoms with Crippen molar-refractivity contribution in [2.24, 2.45) is 0 Å². The molecule has 1 aliphatic heterocycles. The van der Waals surface area contributed by atoms with Gasteiger partial charge in [0.2, 0.25) is 5.91 Å². The minimum atomic E-state index is -0.427. The molecule has 0 bridgehead atoms. The average Bonchev–Trinajstić information content (AvgIpc) is 3.31. The molecule has 1 fully saturated rings. The maximum Gasteiger partial charge on any atom is 0.222 e. The molecule has 0 spiro atoms. The number of benzene rings is 1. The van der Waals surface area contributed by atoms with Gasteiger partial charge in [0, 0.05) is 19.5 Å². The first-order valence-electron chi connectivity index (χ1n) is 7.81. The standard InChI is InChI=1S/C17H23NO2/c19-16(6-3-7-17(20)18-10-11-18)15-9-8-13-4-1-2-5-14(13)12-15/h8-9,12,16,19H,1-7,10-11H2. The van der Waals surface area contributed by atoms with E-state index in [-0.39, 0.29) is 5.91 Å². The fourth-order valence-corrected chi connectivity index (χ4v) is 3.03. The molecule has 0 aromatic heterocycles. The highest BCUT2D eigenvalue weighted by Gasteiger charge is 2.23. The first kappa shape index (κ1) is 13.6. The number of hydrogen-bond donors (Lipinski definition) is 1. The van der Waals surface area contributed by atoms with Crippen LogP contribution in [-0.2, 0) is 17.6 Å². The van der Waals surface area contributed by atoms with Gasteiger partial charge < -0.3 is 10.0 Å². The Balaban J connectivity index is 1.53. The Kier molecular flexibility index (Phi) is 4.06. The van der Waals surface area contributed by atoms with Gasteiger partial charge in [0.25, 0.3) is 0 Å². The number of nitrogens with zero attached hydrogens (tertiary/aromatic N) is 1. The fourth-order valence-electron chi connectivity index (χ4n) is 3.03. The van der Waals surface area contributed by atoms with Crippen LogP contribution >= 0.6 is 0 Å². The van der Waals surface area contributed by atoms with Crippen LogP contribution in [0.1, 0.15) is 54.9 Å². The first-order chi connectivity index (χ1) is 9.74. The zero-order valence-electron chi connectivity index (χ0n) is 12.0. The van der Waals surface area contributed by atoms with Crippen LogP contribution in [0.4, 0.5) is 0 Å². The fraction of sp³-hybridized carbons (Fsp3) is 0.588. The summed E-state index contributed by atoms with van der Waals surface area (Å²) in [6, 6.07) is 6.40. The Morgan fingerprint density at radius 1 is 1.20 bits per heavy atom. The Bertz CT molecular complexity index is 494. The highest BCUT2D eigenvalue weighted by Crippen LogP contribution is 2.27. The molecular formula is C17H23NO2. The zero-order chi connectivity index (χ0) is 13.9. The molecule has 0 radical (unpaired) electrons. The number of hydrogen-bond acceptors (Lipinski definition) is 2. The molecule has 3 rings (SSSR count). The van der Waals surface area contributed by atoms with Crippen molar-refractivity contribution in [3.8, 4) is 0 Å². The van der Waals surface area contributed by atoms with E-state index in [4.69, 9.17) is 0 Å². The maximum absolute atomic E-state index is 11.6. The van der Waals surface area contributed by atoms with Crippen molar-refractivity contribution < 1.29 is 9.90 Å². The summed E-state index contributed by atoms with van der Waals surface area (Å²) in [7, 11) is 0. The van der Waals surface area contributed by atoms with Gasteiger partial charge >= 0.3 is 0 Å². The Hall–Kier alpha value is -1.35. The SMILES string of the molecule is O=C(CCCC(O)c1ccc2c(c1)CCCC2)N1CC1. The smallest absolute Gasteiger partial charge is 0.222 e. The van der Waals surface area contributed by atoms with Crippen molar-refractivity contribution in [2.45, 2.75) is 51.0 Å². The summed E-state index contributed by atoms with van der Waals surface area (Å²) < 4.78 is 0. The molecule has 1 saturated heterocycles. The third-order valence-corrected chi connectivity index (χ3v) is 4.43. The molecular weight excluding hydrogens is 250 g/mol. The number of amides is 1. The lowest BCUT2D eigenvalue weighted by molar-refractivity contribution is -0.125. The molecule has 0 saturated carbocycles. The average molecular weight is 273 g/mol. The van der Waals surface area contributed by atoms with Gasteiger partial charge in [-0.3, -0.25) is 4.79 Å². The van der Waals surface area contributed by atoms with Crippen LogP contribution in [0, 0.1) is 0 Å². The number of aryl methyl sites for hydroxylation is 2. The summed E-state index contributed by atoms with van der Waals surface area (Å²) in [6.45, 7) is 1.85. The van der Waals surface area contributed by atoms with E-state index >= 15 is 0 Å². The van der Waals surface area contributed by atoms with Gasteiger partial charge in [-0.2, -0.15) is 0 Å². The predicted molar refractivity (Wildman–Crippen MR) is 78.5 cm³/mol. The van der Waals surface area contributed by atoms with Crippen molar-refractivity contribution in [1.82, 2.24) is 4.90 Å². The van der Waals surface area contributed by atoms with Crippen molar-refractivity contribution in [1.29, 1.82) is 0 Å².